The zero-order valence-electron chi connectivity index (χ0n) is 14.5. The number of hydrogen-bond donors (Lipinski definition) is 3. The van der Waals surface area contributed by atoms with Gasteiger partial charge in [0.1, 0.15) is 0 Å². The van der Waals surface area contributed by atoms with Crippen molar-refractivity contribution in [2.45, 2.75) is 37.6 Å². The molecule has 1 aliphatic rings. The molecule has 1 fully saturated rings. The molecule has 0 bridgehead atoms. The molecule has 1 aliphatic carbocycles. The van der Waals surface area contributed by atoms with Gasteiger partial charge in [-0.25, -0.2) is 0 Å². The van der Waals surface area contributed by atoms with Gasteiger partial charge in [-0.15, -0.1) is 12.4 Å². The standard InChI is InChI=1S/C20H23N3O2.ClH/c21-20(12-5-2-6-13-20)19(25)23-17-11-7-10-16(14-17)22-18(24)15-8-3-1-4-9-15;/h1,3-4,7-11,14H,2,5-6,12-13,21H2,(H,22,24)(H,23,25);1H. The van der Waals surface area contributed by atoms with E-state index in [1.165, 1.54) is 0 Å². The van der Waals surface area contributed by atoms with Crippen LogP contribution in [-0.2, 0) is 4.79 Å². The van der Waals surface area contributed by atoms with E-state index in [4.69, 9.17) is 5.73 Å². The molecule has 6 heteroatoms. The second kappa shape index (κ2) is 8.83. The zero-order chi connectivity index (χ0) is 17.7. The highest BCUT2D eigenvalue weighted by molar-refractivity contribution is 6.05. The smallest absolute Gasteiger partial charge is 0.255 e. The third-order valence-electron chi connectivity index (χ3n) is 4.61. The number of nitrogens with one attached hydrogen (secondary N) is 2. The van der Waals surface area contributed by atoms with E-state index in [-0.39, 0.29) is 24.2 Å². The minimum absolute atomic E-state index is 0. The summed E-state index contributed by atoms with van der Waals surface area (Å²) in [6.07, 6.45) is 4.52. The van der Waals surface area contributed by atoms with Crippen molar-refractivity contribution < 1.29 is 9.59 Å². The predicted octanol–water partition coefficient (Wildman–Crippen LogP) is 3.96. The third-order valence-corrected chi connectivity index (χ3v) is 4.61. The van der Waals surface area contributed by atoms with Gasteiger partial charge in [-0.3, -0.25) is 9.59 Å². The molecule has 26 heavy (non-hydrogen) atoms. The molecule has 3 rings (SSSR count). The van der Waals surface area contributed by atoms with E-state index in [1.807, 2.05) is 18.2 Å². The molecule has 0 radical (unpaired) electrons. The van der Waals surface area contributed by atoms with E-state index in [1.54, 1.807) is 36.4 Å². The molecule has 5 nitrogen and oxygen atoms in total. The lowest BCUT2D eigenvalue weighted by Crippen LogP contribution is -2.52. The Kier molecular flexibility index (Phi) is 6.77. The van der Waals surface area contributed by atoms with Crippen molar-refractivity contribution >= 4 is 35.6 Å². The van der Waals surface area contributed by atoms with Crippen LogP contribution in [0.1, 0.15) is 42.5 Å². The fourth-order valence-electron chi connectivity index (χ4n) is 3.13. The van der Waals surface area contributed by atoms with Crippen molar-refractivity contribution in [1.29, 1.82) is 0 Å². The summed E-state index contributed by atoms with van der Waals surface area (Å²) >= 11 is 0. The summed E-state index contributed by atoms with van der Waals surface area (Å²) in [5.41, 5.74) is 7.31. The Morgan fingerprint density at radius 3 is 2.12 bits per heavy atom. The number of nitrogens with two attached hydrogens (primary N) is 1. The average Bonchev–Trinajstić information content (AvgIpc) is 2.63. The van der Waals surface area contributed by atoms with Crippen molar-refractivity contribution in [3.8, 4) is 0 Å². The van der Waals surface area contributed by atoms with E-state index in [0.717, 1.165) is 19.3 Å². The summed E-state index contributed by atoms with van der Waals surface area (Å²) in [5.74, 6) is -0.342. The highest BCUT2D eigenvalue weighted by atomic mass is 35.5. The minimum atomic E-state index is -0.790. The molecule has 2 aromatic rings. The first-order valence-electron chi connectivity index (χ1n) is 8.64. The van der Waals surface area contributed by atoms with Gasteiger partial charge >= 0.3 is 0 Å². The van der Waals surface area contributed by atoms with Crippen LogP contribution in [0.5, 0.6) is 0 Å². The maximum atomic E-state index is 12.5. The first kappa shape index (κ1) is 19.9. The van der Waals surface area contributed by atoms with E-state index >= 15 is 0 Å². The Morgan fingerprint density at radius 1 is 0.846 bits per heavy atom. The van der Waals surface area contributed by atoms with E-state index in [0.29, 0.717) is 29.8 Å². The van der Waals surface area contributed by atoms with Crippen LogP contribution in [0.4, 0.5) is 11.4 Å². The van der Waals surface area contributed by atoms with Gasteiger partial charge in [-0.2, -0.15) is 0 Å². The summed E-state index contributed by atoms with van der Waals surface area (Å²) in [5, 5.41) is 5.73. The van der Waals surface area contributed by atoms with Gasteiger partial charge in [0, 0.05) is 16.9 Å². The number of rotatable bonds is 4. The van der Waals surface area contributed by atoms with Crippen LogP contribution in [0.25, 0.3) is 0 Å². The maximum absolute atomic E-state index is 12.5. The molecule has 2 amide bonds. The molecular formula is C20H24ClN3O2. The number of anilines is 2. The highest BCUT2D eigenvalue weighted by Gasteiger charge is 2.35. The normalized spacial score (nSPS) is 15.4. The van der Waals surface area contributed by atoms with Crippen LogP contribution in [-0.4, -0.2) is 17.4 Å². The van der Waals surface area contributed by atoms with Crippen molar-refractivity contribution in [2.24, 2.45) is 5.73 Å². The SMILES string of the molecule is Cl.NC1(C(=O)Nc2cccc(NC(=O)c3ccccc3)c2)CCCCC1. The van der Waals surface area contributed by atoms with Gasteiger partial charge in [-0.1, -0.05) is 43.5 Å². The molecule has 0 atom stereocenters. The molecule has 0 unspecified atom stereocenters. The Balaban J connectivity index is 0.00000243. The largest absolute Gasteiger partial charge is 0.324 e. The van der Waals surface area contributed by atoms with E-state index in [2.05, 4.69) is 10.6 Å². The van der Waals surface area contributed by atoms with Gasteiger partial charge in [0.2, 0.25) is 5.91 Å². The number of carbonyl (C=O) groups excluding carboxylic acids is 2. The van der Waals surface area contributed by atoms with Gasteiger partial charge < -0.3 is 16.4 Å². The molecule has 4 N–H and O–H groups in total. The van der Waals surface area contributed by atoms with Gasteiger partial charge in [0.05, 0.1) is 5.54 Å². The van der Waals surface area contributed by atoms with E-state index in [9.17, 15) is 9.59 Å². The first-order valence-corrected chi connectivity index (χ1v) is 8.64. The second-order valence-electron chi connectivity index (χ2n) is 6.57. The lowest BCUT2D eigenvalue weighted by atomic mass is 9.82. The van der Waals surface area contributed by atoms with Crippen molar-refractivity contribution in [2.75, 3.05) is 10.6 Å². The third kappa shape index (κ3) is 4.84. The lowest BCUT2D eigenvalue weighted by molar-refractivity contribution is -0.122. The van der Waals surface area contributed by atoms with Crippen LogP contribution >= 0.6 is 12.4 Å². The molecule has 0 heterocycles. The topological polar surface area (TPSA) is 84.2 Å². The van der Waals surface area contributed by atoms with Crippen molar-refractivity contribution in [1.82, 2.24) is 0 Å². The first-order chi connectivity index (χ1) is 12.1. The van der Waals surface area contributed by atoms with Crippen molar-refractivity contribution in [3.63, 3.8) is 0 Å². The summed E-state index contributed by atoms with van der Waals surface area (Å²) in [4.78, 5) is 24.7. The molecule has 0 aromatic heterocycles. The summed E-state index contributed by atoms with van der Waals surface area (Å²) in [6, 6.07) is 16.1. The molecular weight excluding hydrogens is 350 g/mol. The quantitative estimate of drug-likeness (QED) is 0.758. The number of hydrogen-bond acceptors (Lipinski definition) is 3. The zero-order valence-corrected chi connectivity index (χ0v) is 15.4. The van der Waals surface area contributed by atoms with Crippen LogP contribution in [0.2, 0.25) is 0 Å². The highest BCUT2D eigenvalue weighted by Crippen LogP contribution is 2.27. The van der Waals surface area contributed by atoms with Gasteiger partial charge in [0.25, 0.3) is 5.91 Å². The number of halogens is 1. The Hall–Kier alpha value is -2.37. The monoisotopic (exact) mass is 373 g/mol. The van der Waals surface area contributed by atoms with E-state index < -0.39 is 5.54 Å². The van der Waals surface area contributed by atoms with Crippen LogP contribution in [0.15, 0.2) is 54.6 Å². The second-order valence-corrected chi connectivity index (χ2v) is 6.57. The molecule has 0 spiro atoms. The van der Waals surface area contributed by atoms with Crippen LogP contribution < -0.4 is 16.4 Å². The molecule has 0 saturated heterocycles. The molecule has 0 aliphatic heterocycles. The maximum Gasteiger partial charge on any atom is 0.255 e. The van der Waals surface area contributed by atoms with Crippen LogP contribution in [0, 0.1) is 0 Å². The Bertz CT molecular complexity index is 759. The summed E-state index contributed by atoms with van der Waals surface area (Å²) < 4.78 is 0. The fraction of sp³-hybridized carbons (Fsp3) is 0.300. The molecule has 1 saturated carbocycles. The number of amides is 2. The lowest BCUT2D eigenvalue weighted by Gasteiger charge is -2.31. The Labute approximate surface area is 159 Å². The average molecular weight is 374 g/mol. The Morgan fingerprint density at radius 2 is 1.46 bits per heavy atom. The number of carbonyl (C=O) groups is 2. The molecule has 2 aromatic carbocycles. The van der Waals surface area contributed by atoms with Crippen molar-refractivity contribution in [3.05, 3.63) is 60.2 Å². The fourth-order valence-corrected chi connectivity index (χ4v) is 3.13. The van der Waals surface area contributed by atoms with Gasteiger partial charge in [0.15, 0.2) is 0 Å². The predicted molar refractivity (Wildman–Crippen MR) is 107 cm³/mol. The summed E-state index contributed by atoms with van der Waals surface area (Å²) in [7, 11) is 0. The summed E-state index contributed by atoms with van der Waals surface area (Å²) in [6.45, 7) is 0. The number of benzene rings is 2. The van der Waals surface area contributed by atoms with Crippen LogP contribution in [0.3, 0.4) is 0 Å². The van der Waals surface area contributed by atoms with Gasteiger partial charge in [-0.05, 0) is 43.2 Å². The minimum Gasteiger partial charge on any atom is -0.324 e. The molecule has 138 valence electrons.